The molecule has 0 aliphatic carbocycles. The van der Waals surface area contributed by atoms with E-state index in [-0.39, 0.29) is 12.5 Å². The number of carbonyl (C=O) groups excluding carboxylic acids is 2. The zero-order chi connectivity index (χ0) is 20.1. The van der Waals surface area contributed by atoms with E-state index in [1.165, 1.54) is 0 Å². The van der Waals surface area contributed by atoms with Gasteiger partial charge < -0.3 is 19.4 Å². The highest BCUT2D eigenvalue weighted by atomic mass is 16.5. The van der Waals surface area contributed by atoms with Crippen LogP contribution in [0.1, 0.15) is 23.2 Å². The van der Waals surface area contributed by atoms with Crippen molar-refractivity contribution in [1.82, 2.24) is 19.9 Å². The Morgan fingerprint density at radius 3 is 2.28 bits per heavy atom. The Morgan fingerprint density at radius 2 is 1.55 bits per heavy atom. The van der Waals surface area contributed by atoms with E-state index in [1.807, 2.05) is 4.90 Å². The molecule has 0 radical (unpaired) electrons. The highest BCUT2D eigenvalue weighted by molar-refractivity contribution is 5.96. The van der Waals surface area contributed by atoms with E-state index in [4.69, 9.17) is 4.74 Å². The van der Waals surface area contributed by atoms with Crippen molar-refractivity contribution < 1.29 is 14.3 Å². The lowest BCUT2D eigenvalue weighted by Gasteiger charge is -2.34. The van der Waals surface area contributed by atoms with Crippen LogP contribution in [0.5, 0.6) is 0 Å². The van der Waals surface area contributed by atoms with Gasteiger partial charge in [-0.2, -0.15) is 0 Å². The van der Waals surface area contributed by atoms with Gasteiger partial charge in [0.1, 0.15) is 11.4 Å². The number of amides is 1. The third-order valence-corrected chi connectivity index (χ3v) is 5.21. The fraction of sp³-hybridized carbons (Fsp3) is 0.450. The standard InChI is InChI=1S/C20H24N6O3/c27-17(24-11-13-26(14-12-24)20-22-7-4-8-23-20)15-29-19(28)16-5-3-6-21-18(16)25-9-1-2-10-25/h3-8H,1-2,9-15H2. The Kier molecular flexibility index (Phi) is 5.83. The number of pyridine rings is 1. The summed E-state index contributed by atoms with van der Waals surface area (Å²) in [5.41, 5.74) is 0.410. The average molecular weight is 396 g/mol. The lowest BCUT2D eigenvalue weighted by atomic mass is 10.2. The molecule has 0 N–H and O–H groups in total. The number of aromatic nitrogens is 3. The van der Waals surface area contributed by atoms with Crippen LogP contribution in [0, 0.1) is 0 Å². The predicted octanol–water partition coefficient (Wildman–Crippen LogP) is 0.977. The molecule has 9 heteroatoms. The summed E-state index contributed by atoms with van der Waals surface area (Å²) in [6.45, 7) is 3.87. The molecule has 2 saturated heterocycles. The Labute approximate surface area is 169 Å². The zero-order valence-electron chi connectivity index (χ0n) is 16.2. The first-order valence-corrected chi connectivity index (χ1v) is 9.89. The summed E-state index contributed by atoms with van der Waals surface area (Å²) in [4.78, 5) is 43.7. The van der Waals surface area contributed by atoms with Gasteiger partial charge in [-0.3, -0.25) is 4.79 Å². The van der Waals surface area contributed by atoms with Crippen LogP contribution in [0.25, 0.3) is 0 Å². The fourth-order valence-corrected chi connectivity index (χ4v) is 3.64. The van der Waals surface area contributed by atoms with Crippen molar-refractivity contribution >= 4 is 23.6 Å². The number of rotatable bonds is 5. The molecule has 2 aliphatic rings. The maximum Gasteiger partial charge on any atom is 0.342 e. The highest BCUT2D eigenvalue weighted by Gasteiger charge is 2.25. The molecule has 152 valence electrons. The Bertz CT molecular complexity index is 848. The van der Waals surface area contributed by atoms with Gasteiger partial charge in [0.05, 0.1) is 0 Å². The Hall–Kier alpha value is -3.23. The normalized spacial score (nSPS) is 16.8. The Balaban J connectivity index is 1.30. The fourth-order valence-electron chi connectivity index (χ4n) is 3.64. The van der Waals surface area contributed by atoms with Gasteiger partial charge in [-0.1, -0.05) is 0 Å². The van der Waals surface area contributed by atoms with E-state index in [0.29, 0.717) is 43.5 Å². The maximum atomic E-state index is 12.6. The molecule has 0 unspecified atom stereocenters. The minimum atomic E-state index is -0.510. The number of anilines is 2. The molecule has 4 rings (SSSR count). The van der Waals surface area contributed by atoms with E-state index in [9.17, 15) is 9.59 Å². The minimum Gasteiger partial charge on any atom is -0.452 e. The second-order valence-corrected chi connectivity index (χ2v) is 7.06. The lowest BCUT2D eigenvalue weighted by molar-refractivity contribution is -0.134. The smallest absolute Gasteiger partial charge is 0.342 e. The van der Waals surface area contributed by atoms with Gasteiger partial charge in [0.25, 0.3) is 5.91 Å². The monoisotopic (exact) mass is 396 g/mol. The van der Waals surface area contributed by atoms with Crippen molar-refractivity contribution in [2.75, 3.05) is 55.7 Å². The van der Waals surface area contributed by atoms with Gasteiger partial charge in [0.2, 0.25) is 5.95 Å². The summed E-state index contributed by atoms with van der Waals surface area (Å²) in [7, 11) is 0. The van der Waals surface area contributed by atoms with Crippen LogP contribution in [-0.2, 0) is 9.53 Å². The molecular weight excluding hydrogens is 372 g/mol. The van der Waals surface area contributed by atoms with Gasteiger partial charge >= 0.3 is 5.97 Å². The summed E-state index contributed by atoms with van der Waals surface area (Å²) in [6, 6.07) is 5.18. The first-order chi connectivity index (χ1) is 14.2. The first-order valence-electron chi connectivity index (χ1n) is 9.89. The summed E-state index contributed by atoms with van der Waals surface area (Å²) in [5.74, 6) is 0.597. The van der Waals surface area contributed by atoms with Crippen LogP contribution in [0.2, 0.25) is 0 Å². The van der Waals surface area contributed by atoms with Crippen LogP contribution in [0.15, 0.2) is 36.8 Å². The maximum absolute atomic E-state index is 12.6. The molecule has 29 heavy (non-hydrogen) atoms. The number of carbonyl (C=O) groups is 2. The van der Waals surface area contributed by atoms with E-state index in [1.54, 1.807) is 41.7 Å². The molecule has 0 atom stereocenters. The highest BCUT2D eigenvalue weighted by Crippen LogP contribution is 2.22. The molecule has 1 amide bonds. The van der Waals surface area contributed by atoms with E-state index < -0.39 is 5.97 Å². The number of nitrogens with zero attached hydrogens (tertiary/aromatic N) is 6. The van der Waals surface area contributed by atoms with Gasteiger partial charge in [0, 0.05) is 57.9 Å². The van der Waals surface area contributed by atoms with Gasteiger partial charge in [0.15, 0.2) is 6.61 Å². The summed E-state index contributed by atoms with van der Waals surface area (Å²) in [6.07, 6.45) is 7.25. The molecule has 9 nitrogen and oxygen atoms in total. The van der Waals surface area contributed by atoms with Gasteiger partial charge in [-0.05, 0) is 31.0 Å². The molecule has 0 aromatic carbocycles. The summed E-state index contributed by atoms with van der Waals surface area (Å²) in [5, 5.41) is 0. The molecule has 2 aromatic rings. The van der Waals surface area contributed by atoms with E-state index in [0.717, 1.165) is 25.9 Å². The third kappa shape index (κ3) is 4.44. The largest absolute Gasteiger partial charge is 0.452 e. The topological polar surface area (TPSA) is 91.8 Å². The molecule has 0 spiro atoms. The van der Waals surface area contributed by atoms with Crippen LogP contribution in [-0.4, -0.2) is 77.6 Å². The number of piperazine rings is 1. The van der Waals surface area contributed by atoms with Crippen molar-refractivity contribution in [3.8, 4) is 0 Å². The zero-order valence-corrected chi connectivity index (χ0v) is 16.2. The Morgan fingerprint density at radius 1 is 0.862 bits per heavy atom. The van der Waals surface area contributed by atoms with Crippen LogP contribution in [0.3, 0.4) is 0 Å². The van der Waals surface area contributed by atoms with Gasteiger partial charge in [-0.15, -0.1) is 0 Å². The van der Waals surface area contributed by atoms with Crippen molar-refractivity contribution in [2.45, 2.75) is 12.8 Å². The van der Waals surface area contributed by atoms with Crippen molar-refractivity contribution in [1.29, 1.82) is 0 Å². The molecule has 2 aromatic heterocycles. The number of esters is 1. The first kappa shape index (κ1) is 19.1. The molecule has 2 fully saturated rings. The van der Waals surface area contributed by atoms with Crippen molar-refractivity contribution in [2.24, 2.45) is 0 Å². The average Bonchev–Trinajstić information content (AvgIpc) is 3.33. The molecule has 0 bridgehead atoms. The second kappa shape index (κ2) is 8.85. The molecule has 4 heterocycles. The molecule has 2 aliphatic heterocycles. The van der Waals surface area contributed by atoms with Crippen LogP contribution < -0.4 is 9.80 Å². The third-order valence-electron chi connectivity index (χ3n) is 5.21. The van der Waals surface area contributed by atoms with E-state index >= 15 is 0 Å². The van der Waals surface area contributed by atoms with Crippen LogP contribution in [0.4, 0.5) is 11.8 Å². The predicted molar refractivity (Wildman–Crippen MR) is 107 cm³/mol. The van der Waals surface area contributed by atoms with Crippen molar-refractivity contribution in [3.63, 3.8) is 0 Å². The number of hydrogen-bond donors (Lipinski definition) is 0. The van der Waals surface area contributed by atoms with E-state index in [2.05, 4.69) is 19.9 Å². The second-order valence-electron chi connectivity index (χ2n) is 7.06. The summed E-state index contributed by atoms with van der Waals surface area (Å²) >= 11 is 0. The molecular formula is C20H24N6O3. The van der Waals surface area contributed by atoms with Gasteiger partial charge in [-0.25, -0.2) is 19.7 Å². The quantitative estimate of drug-likeness (QED) is 0.691. The van der Waals surface area contributed by atoms with Crippen LogP contribution >= 0.6 is 0 Å². The number of ether oxygens (including phenoxy) is 1. The van der Waals surface area contributed by atoms with Crippen molar-refractivity contribution in [3.05, 3.63) is 42.4 Å². The lowest BCUT2D eigenvalue weighted by Crippen LogP contribution is -2.50. The SMILES string of the molecule is O=C(OCC(=O)N1CCN(c2ncccn2)CC1)c1cccnc1N1CCCC1. The molecule has 0 saturated carbocycles. The summed E-state index contributed by atoms with van der Waals surface area (Å²) < 4.78 is 5.32. The minimum absolute atomic E-state index is 0.196. The number of hydrogen-bond acceptors (Lipinski definition) is 8.